The molecule has 0 aliphatic carbocycles. The Balaban J connectivity index is 0. The molecule has 0 heterocycles. The predicted molar refractivity (Wildman–Crippen MR) is 48.3 cm³/mol. The van der Waals surface area contributed by atoms with Gasteiger partial charge in [0.25, 0.3) is 0 Å². The SMILES string of the molecule is CCCCOC(=O)CS.[SnH2]. The molecule has 0 N–H and O–H groups in total. The van der Waals surface area contributed by atoms with Crippen LogP contribution in [0.1, 0.15) is 19.8 Å². The third kappa shape index (κ3) is 8.62. The van der Waals surface area contributed by atoms with Gasteiger partial charge in [-0.2, -0.15) is 12.6 Å². The predicted octanol–water partition coefficient (Wildman–Crippen LogP) is 0.343. The van der Waals surface area contributed by atoms with Crippen LogP contribution in [0.3, 0.4) is 0 Å². The molecule has 0 fully saturated rings. The summed E-state index contributed by atoms with van der Waals surface area (Å²) < 4.78 is 4.72. The number of carbonyl (C=O) groups excluding carboxylic acids is 1. The second kappa shape index (κ2) is 9.62. The Bertz CT molecular complexity index is 87.8. The minimum absolute atomic E-state index is 0. The first-order chi connectivity index (χ1) is 4.31. The van der Waals surface area contributed by atoms with Crippen molar-refractivity contribution in [1.82, 2.24) is 0 Å². The molecule has 2 nitrogen and oxygen atoms in total. The summed E-state index contributed by atoms with van der Waals surface area (Å²) in [7, 11) is 0. The van der Waals surface area contributed by atoms with Crippen molar-refractivity contribution in [3.8, 4) is 0 Å². The Morgan fingerprint density at radius 3 is 2.60 bits per heavy atom. The molecular formula is C6H14O2SSn. The number of thiol groups is 1. The van der Waals surface area contributed by atoms with E-state index in [1.54, 1.807) is 0 Å². The zero-order valence-electron chi connectivity index (χ0n) is 6.30. The molecule has 0 spiro atoms. The molecule has 0 saturated heterocycles. The van der Waals surface area contributed by atoms with E-state index in [1.165, 1.54) is 0 Å². The van der Waals surface area contributed by atoms with Crippen LogP contribution in [0.2, 0.25) is 0 Å². The quantitative estimate of drug-likeness (QED) is 0.345. The maximum absolute atomic E-state index is 10.4. The number of hydrogen-bond acceptors (Lipinski definition) is 3. The number of ether oxygens (including phenoxy) is 1. The third-order valence-corrected chi connectivity index (χ3v) is 1.15. The molecule has 0 aliphatic heterocycles. The molecule has 0 saturated carbocycles. The van der Waals surface area contributed by atoms with Crippen LogP contribution in [0.5, 0.6) is 0 Å². The fraction of sp³-hybridized carbons (Fsp3) is 0.833. The molecule has 60 valence electrons. The average molecular weight is 269 g/mol. The van der Waals surface area contributed by atoms with Gasteiger partial charge in [0, 0.05) is 0 Å². The normalized spacial score (nSPS) is 8.20. The van der Waals surface area contributed by atoms with Gasteiger partial charge < -0.3 is 4.74 Å². The molecule has 0 bridgehead atoms. The van der Waals surface area contributed by atoms with Crippen molar-refractivity contribution in [3.63, 3.8) is 0 Å². The molecule has 0 aliphatic rings. The first kappa shape index (κ1) is 13.2. The number of rotatable bonds is 4. The van der Waals surface area contributed by atoms with E-state index >= 15 is 0 Å². The summed E-state index contributed by atoms with van der Waals surface area (Å²) >= 11 is 3.74. The van der Waals surface area contributed by atoms with Crippen molar-refractivity contribution in [2.45, 2.75) is 19.8 Å². The molecule has 0 aromatic rings. The Kier molecular flexibility index (Phi) is 12.7. The summed E-state index contributed by atoms with van der Waals surface area (Å²) in [5, 5.41) is 0. The van der Waals surface area contributed by atoms with Crippen molar-refractivity contribution >= 4 is 42.5 Å². The van der Waals surface area contributed by atoms with Gasteiger partial charge in [0.1, 0.15) is 0 Å². The van der Waals surface area contributed by atoms with Crippen molar-refractivity contribution in [1.29, 1.82) is 0 Å². The number of hydrogen-bond donors (Lipinski definition) is 1. The van der Waals surface area contributed by atoms with E-state index in [1.807, 2.05) is 0 Å². The Hall–Kier alpha value is 0.619. The molecular weight excluding hydrogens is 255 g/mol. The average Bonchev–Trinajstić information content (AvgIpc) is 1.89. The first-order valence-electron chi connectivity index (χ1n) is 3.07. The summed E-state index contributed by atoms with van der Waals surface area (Å²) in [5.41, 5.74) is 0. The summed E-state index contributed by atoms with van der Waals surface area (Å²) in [5.74, 6) is -0.0456. The Labute approximate surface area is 84.1 Å². The fourth-order valence-electron chi connectivity index (χ4n) is 0.376. The van der Waals surface area contributed by atoms with Crippen molar-refractivity contribution in [3.05, 3.63) is 0 Å². The number of carbonyl (C=O) groups is 1. The molecule has 0 aromatic carbocycles. The van der Waals surface area contributed by atoms with Gasteiger partial charge in [0.15, 0.2) is 0 Å². The number of unbranched alkanes of at least 4 members (excludes halogenated alkanes) is 1. The van der Waals surface area contributed by atoms with Crippen molar-refractivity contribution in [2.24, 2.45) is 0 Å². The summed E-state index contributed by atoms with van der Waals surface area (Å²) in [4.78, 5) is 10.4. The topological polar surface area (TPSA) is 26.3 Å². The molecule has 0 rings (SSSR count). The first-order valence-corrected chi connectivity index (χ1v) is 3.71. The van der Waals surface area contributed by atoms with Gasteiger partial charge >= 0.3 is 29.9 Å². The van der Waals surface area contributed by atoms with Gasteiger partial charge in [-0.1, -0.05) is 13.3 Å². The van der Waals surface area contributed by atoms with Crippen LogP contribution in [0, 0.1) is 0 Å². The van der Waals surface area contributed by atoms with Crippen molar-refractivity contribution < 1.29 is 9.53 Å². The van der Waals surface area contributed by atoms with E-state index in [0.717, 1.165) is 12.8 Å². The van der Waals surface area contributed by atoms with E-state index in [-0.39, 0.29) is 35.6 Å². The zero-order chi connectivity index (χ0) is 7.11. The van der Waals surface area contributed by atoms with E-state index < -0.39 is 0 Å². The second-order valence-corrected chi connectivity index (χ2v) is 2.05. The molecule has 2 radical (unpaired) electrons. The van der Waals surface area contributed by atoms with Crippen LogP contribution in [0.15, 0.2) is 0 Å². The Morgan fingerprint density at radius 1 is 1.60 bits per heavy atom. The number of esters is 1. The van der Waals surface area contributed by atoms with Crippen LogP contribution in [-0.2, 0) is 9.53 Å². The van der Waals surface area contributed by atoms with Crippen LogP contribution >= 0.6 is 12.6 Å². The van der Waals surface area contributed by atoms with Crippen molar-refractivity contribution in [2.75, 3.05) is 12.4 Å². The zero-order valence-corrected chi connectivity index (χ0v) is 11.2. The van der Waals surface area contributed by atoms with E-state index in [0.29, 0.717) is 6.61 Å². The summed E-state index contributed by atoms with van der Waals surface area (Å²) in [6.07, 6.45) is 2.00. The van der Waals surface area contributed by atoms with Gasteiger partial charge in [-0.3, -0.25) is 4.79 Å². The van der Waals surface area contributed by atoms with E-state index in [9.17, 15) is 4.79 Å². The maximum atomic E-state index is 10.4. The van der Waals surface area contributed by atoms with Crippen LogP contribution < -0.4 is 0 Å². The standard InChI is InChI=1S/C6H12O2S.Sn.2H/c1-2-3-4-8-6(7)5-9;;;/h9H,2-5H2,1H3;;;. The van der Waals surface area contributed by atoms with Gasteiger partial charge in [-0.05, 0) is 6.42 Å². The van der Waals surface area contributed by atoms with Crippen LogP contribution in [-0.4, -0.2) is 42.2 Å². The Morgan fingerprint density at radius 2 is 2.20 bits per heavy atom. The summed E-state index contributed by atoms with van der Waals surface area (Å²) in [6, 6.07) is 0. The summed E-state index contributed by atoms with van der Waals surface area (Å²) in [6.45, 7) is 2.59. The molecule has 0 atom stereocenters. The molecule has 4 heteroatoms. The molecule has 0 amide bonds. The van der Waals surface area contributed by atoms with E-state index in [4.69, 9.17) is 4.74 Å². The van der Waals surface area contributed by atoms with Crippen LogP contribution in [0.4, 0.5) is 0 Å². The van der Waals surface area contributed by atoms with Gasteiger partial charge in [0.05, 0.1) is 12.4 Å². The van der Waals surface area contributed by atoms with E-state index in [2.05, 4.69) is 19.6 Å². The second-order valence-electron chi connectivity index (χ2n) is 1.73. The minimum atomic E-state index is -0.230. The molecule has 0 aromatic heterocycles. The third-order valence-electron chi connectivity index (χ3n) is 0.890. The van der Waals surface area contributed by atoms with Gasteiger partial charge in [-0.15, -0.1) is 0 Å². The molecule has 0 unspecified atom stereocenters. The molecule has 10 heavy (non-hydrogen) atoms. The van der Waals surface area contributed by atoms with Gasteiger partial charge in [-0.25, -0.2) is 0 Å². The van der Waals surface area contributed by atoms with Gasteiger partial charge in [0.2, 0.25) is 0 Å². The monoisotopic (exact) mass is 270 g/mol. The fourth-order valence-corrected chi connectivity index (χ4v) is 0.467. The van der Waals surface area contributed by atoms with Crippen LogP contribution in [0.25, 0.3) is 0 Å².